The highest BCUT2D eigenvalue weighted by Gasteiger charge is 2.16. The van der Waals surface area contributed by atoms with E-state index in [9.17, 15) is 10.1 Å². The fourth-order valence-corrected chi connectivity index (χ4v) is 1.45. The van der Waals surface area contributed by atoms with Gasteiger partial charge in [0.05, 0.1) is 11.5 Å². The topological polar surface area (TPSA) is 64.7 Å². The predicted molar refractivity (Wildman–Crippen MR) is 55.2 cm³/mol. The van der Waals surface area contributed by atoms with Gasteiger partial charge in [0.15, 0.2) is 0 Å². The van der Waals surface area contributed by atoms with Crippen LogP contribution in [0.3, 0.4) is 0 Å². The fourth-order valence-electron chi connectivity index (χ4n) is 1.45. The Bertz CT molecular complexity index is 440. The van der Waals surface area contributed by atoms with E-state index in [1.165, 1.54) is 12.1 Å². The third kappa shape index (κ3) is 1.81. The zero-order chi connectivity index (χ0) is 10.8. The van der Waals surface area contributed by atoms with Crippen molar-refractivity contribution in [1.82, 2.24) is 0 Å². The molecule has 0 bridgehead atoms. The maximum atomic E-state index is 10.6. The minimum atomic E-state index is -0.418. The van der Waals surface area contributed by atoms with E-state index in [-0.39, 0.29) is 5.69 Å². The number of hydrogen-bond donors (Lipinski definition) is 0. The third-order valence-corrected chi connectivity index (χ3v) is 2.25. The van der Waals surface area contributed by atoms with E-state index in [0.717, 1.165) is 5.56 Å². The molecular weight excluding hydrogens is 196 g/mol. The molecule has 0 spiro atoms. The predicted octanol–water partition coefficient (Wildman–Crippen LogP) is 1.68. The lowest BCUT2D eigenvalue weighted by atomic mass is 10.1. The lowest BCUT2D eigenvalue weighted by Gasteiger charge is -2.04. The van der Waals surface area contributed by atoms with E-state index in [0.29, 0.717) is 24.6 Å². The van der Waals surface area contributed by atoms with E-state index in [2.05, 4.69) is 4.99 Å². The van der Waals surface area contributed by atoms with Crippen LogP contribution < -0.4 is 0 Å². The molecule has 2 rings (SSSR count). The van der Waals surface area contributed by atoms with E-state index in [4.69, 9.17) is 4.74 Å². The summed E-state index contributed by atoms with van der Waals surface area (Å²) < 4.78 is 5.28. The molecule has 5 heteroatoms. The summed E-state index contributed by atoms with van der Waals surface area (Å²) in [6.45, 7) is 3.05. The van der Waals surface area contributed by atoms with Gasteiger partial charge in [-0.3, -0.25) is 10.1 Å². The van der Waals surface area contributed by atoms with Gasteiger partial charge >= 0.3 is 0 Å². The molecule has 78 valence electrons. The second-order valence-electron chi connectivity index (χ2n) is 3.29. The molecule has 1 aliphatic rings. The summed E-state index contributed by atoms with van der Waals surface area (Å²) in [7, 11) is 0. The number of benzene rings is 1. The second-order valence-corrected chi connectivity index (χ2v) is 3.29. The van der Waals surface area contributed by atoms with Crippen LogP contribution >= 0.6 is 0 Å². The Morgan fingerprint density at radius 1 is 1.53 bits per heavy atom. The van der Waals surface area contributed by atoms with Gasteiger partial charge in [-0.15, -0.1) is 0 Å². The van der Waals surface area contributed by atoms with Crippen LogP contribution in [0.4, 0.5) is 5.69 Å². The minimum absolute atomic E-state index is 0.0637. The van der Waals surface area contributed by atoms with Gasteiger partial charge in [0.1, 0.15) is 6.61 Å². The van der Waals surface area contributed by atoms with E-state index in [1.54, 1.807) is 6.07 Å². The van der Waals surface area contributed by atoms with Gasteiger partial charge in [0.25, 0.3) is 5.69 Å². The summed E-state index contributed by atoms with van der Waals surface area (Å²) in [5.41, 5.74) is 1.71. The zero-order valence-electron chi connectivity index (χ0n) is 8.27. The molecule has 0 aromatic heterocycles. The SMILES string of the molecule is Cc1ccc([N+](=O)[O-])cc1C1=NCCO1. The Hall–Kier alpha value is -1.91. The number of nitro benzene ring substituents is 1. The third-order valence-electron chi connectivity index (χ3n) is 2.25. The normalized spacial score (nSPS) is 14.6. The van der Waals surface area contributed by atoms with Crippen LogP contribution in [0, 0.1) is 17.0 Å². The number of nitrogens with zero attached hydrogens (tertiary/aromatic N) is 2. The van der Waals surface area contributed by atoms with Crippen molar-refractivity contribution in [3.8, 4) is 0 Å². The van der Waals surface area contributed by atoms with E-state index < -0.39 is 4.92 Å². The summed E-state index contributed by atoms with van der Waals surface area (Å²) >= 11 is 0. The van der Waals surface area contributed by atoms with Crippen LogP contribution in [0.5, 0.6) is 0 Å². The van der Waals surface area contributed by atoms with Crippen molar-refractivity contribution in [2.24, 2.45) is 4.99 Å². The van der Waals surface area contributed by atoms with Crippen molar-refractivity contribution >= 4 is 11.6 Å². The van der Waals surface area contributed by atoms with Crippen molar-refractivity contribution in [2.75, 3.05) is 13.2 Å². The molecule has 0 fully saturated rings. The number of hydrogen-bond acceptors (Lipinski definition) is 4. The summed E-state index contributed by atoms with van der Waals surface area (Å²) in [6, 6.07) is 4.69. The first-order valence-corrected chi connectivity index (χ1v) is 4.61. The van der Waals surface area contributed by atoms with Crippen molar-refractivity contribution in [1.29, 1.82) is 0 Å². The molecule has 0 amide bonds. The Balaban J connectivity index is 2.45. The molecule has 0 radical (unpaired) electrons. The number of non-ortho nitro benzene ring substituents is 1. The molecule has 1 aliphatic heterocycles. The first-order valence-electron chi connectivity index (χ1n) is 4.61. The molecular formula is C10H10N2O3. The Kier molecular flexibility index (Phi) is 2.37. The van der Waals surface area contributed by atoms with Crippen LogP contribution in [-0.4, -0.2) is 24.0 Å². The molecule has 0 N–H and O–H groups in total. The summed E-state index contributed by atoms with van der Waals surface area (Å²) in [6.07, 6.45) is 0. The summed E-state index contributed by atoms with van der Waals surface area (Å²) in [5, 5.41) is 10.6. The average Bonchev–Trinajstić information content (AvgIpc) is 2.71. The lowest BCUT2D eigenvalue weighted by Crippen LogP contribution is -2.04. The van der Waals surface area contributed by atoms with Crippen molar-refractivity contribution in [2.45, 2.75) is 6.92 Å². The van der Waals surface area contributed by atoms with Gasteiger partial charge in [-0.25, -0.2) is 4.99 Å². The van der Waals surface area contributed by atoms with E-state index in [1.807, 2.05) is 6.92 Å². The molecule has 1 aromatic rings. The van der Waals surface area contributed by atoms with Gasteiger partial charge < -0.3 is 4.74 Å². The van der Waals surface area contributed by atoms with Crippen LogP contribution in [0.15, 0.2) is 23.2 Å². The lowest BCUT2D eigenvalue weighted by molar-refractivity contribution is -0.384. The highest BCUT2D eigenvalue weighted by molar-refractivity contribution is 5.96. The molecule has 0 aliphatic carbocycles. The molecule has 1 heterocycles. The smallest absolute Gasteiger partial charge is 0.270 e. The van der Waals surface area contributed by atoms with Gasteiger partial charge in [0, 0.05) is 17.7 Å². The maximum absolute atomic E-state index is 10.6. The average molecular weight is 206 g/mol. The Morgan fingerprint density at radius 2 is 2.33 bits per heavy atom. The Labute approximate surface area is 86.5 Å². The number of aryl methyl sites for hydroxylation is 1. The van der Waals surface area contributed by atoms with Crippen LogP contribution in [0.25, 0.3) is 0 Å². The molecule has 0 atom stereocenters. The first kappa shape index (κ1) is 9.64. The summed E-state index contributed by atoms with van der Waals surface area (Å²) in [5.74, 6) is 0.510. The Morgan fingerprint density at radius 3 is 2.93 bits per heavy atom. The minimum Gasteiger partial charge on any atom is -0.475 e. The number of ether oxygens (including phenoxy) is 1. The van der Waals surface area contributed by atoms with Crippen LogP contribution in [-0.2, 0) is 4.74 Å². The van der Waals surface area contributed by atoms with Gasteiger partial charge in [-0.1, -0.05) is 6.07 Å². The van der Waals surface area contributed by atoms with Crippen LogP contribution in [0.2, 0.25) is 0 Å². The van der Waals surface area contributed by atoms with Crippen molar-refractivity contribution in [3.05, 3.63) is 39.4 Å². The number of aliphatic imine (C=N–C) groups is 1. The number of rotatable bonds is 2. The van der Waals surface area contributed by atoms with Crippen molar-refractivity contribution < 1.29 is 9.66 Å². The zero-order valence-corrected chi connectivity index (χ0v) is 8.27. The quantitative estimate of drug-likeness (QED) is 0.546. The molecule has 5 nitrogen and oxygen atoms in total. The molecule has 0 saturated heterocycles. The summed E-state index contributed by atoms with van der Waals surface area (Å²) in [4.78, 5) is 14.3. The molecule has 0 unspecified atom stereocenters. The van der Waals surface area contributed by atoms with Crippen LogP contribution in [0.1, 0.15) is 11.1 Å². The first-order chi connectivity index (χ1) is 7.18. The highest BCUT2D eigenvalue weighted by Crippen LogP contribution is 2.19. The molecule has 0 saturated carbocycles. The van der Waals surface area contributed by atoms with Gasteiger partial charge in [-0.2, -0.15) is 0 Å². The number of nitro groups is 1. The van der Waals surface area contributed by atoms with Gasteiger partial charge in [0.2, 0.25) is 5.90 Å². The largest absolute Gasteiger partial charge is 0.475 e. The fraction of sp³-hybridized carbons (Fsp3) is 0.300. The highest BCUT2D eigenvalue weighted by atomic mass is 16.6. The van der Waals surface area contributed by atoms with Crippen molar-refractivity contribution in [3.63, 3.8) is 0 Å². The standard InChI is InChI=1S/C10H10N2O3/c1-7-2-3-8(12(13)14)6-9(7)10-11-4-5-15-10/h2-3,6H,4-5H2,1H3. The van der Waals surface area contributed by atoms with E-state index >= 15 is 0 Å². The molecule has 1 aromatic carbocycles. The second kappa shape index (κ2) is 3.68. The van der Waals surface area contributed by atoms with Gasteiger partial charge in [-0.05, 0) is 12.5 Å². The molecule has 15 heavy (non-hydrogen) atoms. The monoisotopic (exact) mass is 206 g/mol. The maximum Gasteiger partial charge on any atom is 0.270 e.